The zero-order valence-electron chi connectivity index (χ0n) is 9.22. The summed E-state index contributed by atoms with van der Waals surface area (Å²) in [4.78, 5) is 0.984. The molecule has 2 rings (SSSR count). The van der Waals surface area contributed by atoms with Gasteiger partial charge in [-0.15, -0.1) is 11.3 Å². The zero-order valence-corrected chi connectivity index (χ0v) is 10.9. The molecule has 4 nitrogen and oxygen atoms in total. The third-order valence-corrected chi connectivity index (χ3v) is 5.33. The molecule has 0 amide bonds. The minimum atomic E-state index is -3.03. The number of thiophene rings is 1. The second-order valence-corrected chi connectivity index (χ2v) is 6.85. The van der Waals surface area contributed by atoms with Crippen LogP contribution in [0, 0.1) is 11.8 Å². The predicted octanol–water partition coefficient (Wildman–Crippen LogP) is 0.627. The summed E-state index contributed by atoms with van der Waals surface area (Å²) < 4.78 is 24.7. The summed E-state index contributed by atoms with van der Waals surface area (Å²) in [5, 5.41) is 10.5. The van der Waals surface area contributed by atoms with Gasteiger partial charge in [0.2, 0.25) is 10.0 Å². The van der Waals surface area contributed by atoms with Gasteiger partial charge in [0.1, 0.15) is 6.61 Å². The molecule has 1 aliphatic rings. The molecule has 1 aromatic rings. The van der Waals surface area contributed by atoms with Gasteiger partial charge < -0.3 is 5.11 Å². The Hall–Kier alpha value is -0.870. The Morgan fingerprint density at radius 3 is 3.00 bits per heavy atom. The van der Waals surface area contributed by atoms with Crippen molar-refractivity contribution >= 4 is 21.4 Å². The summed E-state index contributed by atoms with van der Waals surface area (Å²) in [6.07, 6.45) is 0.713. The Morgan fingerprint density at radius 1 is 1.53 bits per heavy atom. The first kappa shape index (κ1) is 12.6. The van der Waals surface area contributed by atoms with Gasteiger partial charge in [-0.05, 0) is 12.5 Å². The van der Waals surface area contributed by atoms with E-state index in [1.165, 1.54) is 15.6 Å². The SMILES string of the molecule is O=S1(=O)CCCN1Cc1cc(C#CCO)cs1. The van der Waals surface area contributed by atoms with Crippen LogP contribution >= 0.6 is 11.3 Å². The molecule has 1 N–H and O–H groups in total. The number of hydrogen-bond acceptors (Lipinski definition) is 4. The van der Waals surface area contributed by atoms with Crippen molar-refractivity contribution < 1.29 is 13.5 Å². The number of aliphatic hydroxyl groups excluding tert-OH is 1. The lowest BCUT2D eigenvalue weighted by atomic mass is 10.3. The molecule has 0 aliphatic carbocycles. The lowest BCUT2D eigenvalue weighted by Crippen LogP contribution is -2.24. The van der Waals surface area contributed by atoms with Crippen LogP contribution in [0.25, 0.3) is 0 Å². The molecule has 1 aromatic heterocycles. The third kappa shape index (κ3) is 3.07. The van der Waals surface area contributed by atoms with E-state index >= 15 is 0 Å². The standard InChI is InChI=1S/C11H13NO3S2/c13-5-1-3-10-7-11(16-9-10)8-12-4-2-6-17(12,14)15/h7,9,13H,2,4-6,8H2. The van der Waals surface area contributed by atoms with Crippen molar-refractivity contribution in [3.05, 3.63) is 21.9 Å². The normalized spacial score (nSPS) is 18.9. The molecule has 17 heavy (non-hydrogen) atoms. The van der Waals surface area contributed by atoms with Crippen LogP contribution in [0.2, 0.25) is 0 Å². The van der Waals surface area contributed by atoms with Crippen LogP contribution in [0.15, 0.2) is 11.4 Å². The van der Waals surface area contributed by atoms with E-state index in [2.05, 4.69) is 11.8 Å². The van der Waals surface area contributed by atoms with Crippen molar-refractivity contribution in [3.63, 3.8) is 0 Å². The van der Waals surface area contributed by atoms with E-state index in [4.69, 9.17) is 5.11 Å². The van der Waals surface area contributed by atoms with E-state index in [-0.39, 0.29) is 12.4 Å². The Kier molecular flexibility index (Phi) is 3.84. The number of nitrogens with zero attached hydrogens (tertiary/aromatic N) is 1. The van der Waals surface area contributed by atoms with Gasteiger partial charge in [0.05, 0.1) is 5.75 Å². The van der Waals surface area contributed by atoms with Crippen LogP contribution in [0.5, 0.6) is 0 Å². The van der Waals surface area contributed by atoms with Crippen LogP contribution in [0.3, 0.4) is 0 Å². The van der Waals surface area contributed by atoms with E-state index in [9.17, 15) is 8.42 Å². The van der Waals surface area contributed by atoms with E-state index in [1.54, 1.807) is 0 Å². The molecular formula is C11H13NO3S2. The summed E-state index contributed by atoms with van der Waals surface area (Å²) in [5.74, 6) is 5.63. The van der Waals surface area contributed by atoms with Gasteiger partial charge in [-0.1, -0.05) is 11.8 Å². The van der Waals surface area contributed by atoms with Crippen molar-refractivity contribution in [2.24, 2.45) is 0 Å². The zero-order chi connectivity index (χ0) is 12.3. The Balaban J connectivity index is 2.07. The van der Waals surface area contributed by atoms with Gasteiger partial charge in [-0.25, -0.2) is 8.42 Å². The summed E-state index contributed by atoms with van der Waals surface area (Å²) in [6.45, 7) is 0.886. The summed E-state index contributed by atoms with van der Waals surface area (Å²) in [5.41, 5.74) is 0.829. The van der Waals surface area contributed by atoms with Crippen LogP contribution in [0.4, 0.5) is 0 Å². The first-order valence-corrected chi connectivity index (χ1v) is 7.76. The largest absolute Gasteiger partial charge is 0.384 e. The smallest absolute Gasteiger partial charge is 0.214 e. The van der Waals surface area contributed by atoms with Crippen molar-refractivity contribution in [3.8, 4) is 11.8 Å². The van der Waals surface area contributed by atoms with Crippen molar-refractivity contribution in [2.45, 2.75) is 13.0 Å². The minimum Gasteiger partial charge on any atom is -0.384 e. The first-order chi connectivity index (χ1) is 8.12. The Labute approximate surface area is 105 Å². The van der Waals surface area contributed by atoms with E-state index in [1.807, 2.05) is 11.4 Å². The van der Waals surface area contributed by atoms with Gasteiger partial charge in [-0.2, -0.15) is 4.31 Å². The molecule has 2 heterocycles. The molecule has 1 fully saturated rings. The summed E-state index contributed by atoms with van der Waals surface area (Å²) in [7, 11) is -3.03. The fraction of sp³-hybridized carbons (Fsp3) is 0.455. The maximum Gasteiger partial charge on any atom is 0.214 e. The number of sulfonamides is 1. The van der Waals surface area contributed by atoms with Gasteiger partial charge in [-0.3, -0.25) is 0 Å². The second-order valence-electron chi connectivity index (χ2n) is 3.76. The number of aliphatic hydroxyl groups is 1. The Morgan fingerprint density at radius 2 is 2.35 bits per heavy atom. The van der Waals surface area contributed by atoms with Gasteiger partial charge in [0.15, 0.2) is 0 Å². The van der Waals surface area contributed by atoms with Gasteiger partial charge in [0, 0.05) is 28.9 Å². The summed E-state index contributed by atoms with van der Waals surface area (Å²) in [6, 6.07) is 1.88. The van der Waals surface area contributed by atoms with E-state index in [0.29, 0.717) is 19.5 Å². The van der Waals surface area contributed by atoms with Gasteiger partial charge in [0.25, 0.3) is 0 Å². The molecule has 92 valence electrons. The number of rotatable bonds is 2. The monoisotopic (exact) mass is 271 g/mol. The topological polar surface area (TPSA) is 57.6 Å². The molecule has 0 atom stereocenters. The Bertz CT molecular complexity index is 551. The molecule has 0 unspecified atom stereocenters. The third-order valence-electron chi connectivity index (χ3n) is 2.50. The van der Waals surface area contributed by atoms with Crippen LogP contribution in [-0.2, 0) is 16.6 Å². The molecule has 0 spiro atoms. The second kappa shape index (κ2) is 5.19. The molecule has 0 saturated carbocycles. The van der Waals surface area contributed by atoms with Crippen LogP contribution in [0.1, 0.15) is 16.9 Å². The highest BCUT2D eigenvalue weighted by atomic mass is 32.2. The highest BCUT2D eigenvalue weighted by Crippen LogP contribution is 2.21. The molecular weight excluding hydrogens is 258 g/mol. The highest BCUT2D eigenvalue weighted by Gasteiger charge is 2.28. The maximum atomic E-state index is 11.6. The maximum absolute atomic E-state index is 11.6. The highest BCUT2D eigenvalue weighted by molar-refractivity contribution is 7.89. The van der Waals surface area contributed by atoms with E-state index in [0.717, 1.165) is 10.4 Å². The quantitative estimate of drug-likeness (QED) is 0.803. The molecule has 6 heteroatoms. The van der Waals surface area contributed by atoms with Crippen molar-refractivity contribution in [2.75, 3.05) is 18.9 Å². The predicted molar refractivity (Wildman–Crippen MR) is 67.1 cm³/mol. The van der Waals surface area contributed by atoms with Gasteiger partial charge >= 0.3 is 0 Å². The van der Waals surface area contributed by atoms with Crippen molar-refractivity contribution in [1.82, 2.24) is 4.31 Å². The molecule has 0 radical (unpaired) electrons. The van der Waals surface area contributed by atoms with Crippen LogP contribution in [-0.4, -0.2) is 36.7 Å². The average Bonchev–Trinajstić information content (AvgIpc) is 2.84. The lowest BCUT2D eigenvalue weighted by Gasteiger charge is -2.12. The van der Waals surface area contributed by atoms with Crippen LogP contribution < -0.4 is 0 Å². The summed E-state index contributed by atoms with van der Waals surface area (Å²) >= 11 is 1.50. The van der Waals surface area contributed by atoms with Crippen molar-refractivity contribution in [1.29, 1.82) is 0 Å². The molecule has 1 saturated heterocycles. The lowest BCUT2D eigenvalue weighted by molar-refractivity contribution is 0.350. The number of hydrogen-bond donors (Lipinski definition) is 1. The minimum absolute atomic E-state index is 0.161. The fourth-order valence-electron chi connectivity index (χ4n) is 1.71. The molecule has 0 aromatic carbocycles. The first-order valence-electron chi connectivity index (χ1n) is 5.27. The average molecular weight is 271 g/mol. The molecule has 1 aliphatic heterocycles. The van der Waals surface area contributed by atoms with E-state index < -0.39 is 10.0 Å². The fourth-order valence-corrected chi connectivity index (χ4v) is 4.12. The molecule has 0 bridgehead atoms.